The molecule has 0 spiro atoms. The van der Waals surface area contributed by atoms with Crippen molar-refractivity contribution in [3.05, 3.63) is 35.9 Å². The highest BCUT2D eigenvalue weighted by molar-refractivity contribution is 5.70. The van der Waals surface area contributed by atoms with Crippen molar-refractivity contribution < 1.29 is 14.6 Å². The Bertz CT molecular complexity index is 339. The summed E-state index contributed by atoms with van der Waals surface area (Å²) in [6.45, 7) is 0.714. The number of ether oxygens (including phenoxy) is 1. The van der Waals surface area contributed by atoms with E-state index < -0.39 is 0 Å². The van der Waals surface area contributed by atoms with E-state index in [0.717, 1.165) is 5.56 Å². The zero-order valence-corrected chi connectivity index (χ0v) is 8.30. The van der Waals surface area contributed by atoms with E-state index in [4.69, 9.17) is 9.84 Å². The molecule has 1 aromatic carbocycles. The minimum Gasteiger partial charge on any atom is -0.447 e. The average molecular weight is 207 g/mol. The Morgan fingerprint density at radius 1 is 1.40 bits per heavy atom. The lowest BCUT2D eigenvalue weighted by Crippen LogP contribution is -2.35. The molecule has 0 aromatic heterocycles. The summed E-state index contributed by atoms with van der Waals surface area (Å²) in [6.07, 6.45) is -0.349. The van der Waals surface area contributed by atoms with Crippen LogP contribution in [0.2, 0.25) is 0 Å². The molecule has 1 aromatic rings. The van der Waals surface area contributed by atoms with Gasteiger partial charge in [0.1, 0.15) is 6.61 Å². The number of amides is 1. The van der Waals surface area contributed by atoms with Gasteiger partial charge >= 0.3 is 6.09 Å². The molecule has 0 radical (unpaired) electrons. The molecule has 1 amide bonds. The minimum absolute atomic E-state index is 0.0570. The van der Waals surface area contributed by atoms with E-state index in [0.29, 0.717) is 6.54 Å². The molecule has 1 atom stereocenters. The largest absolute Gasteiger partial charge is 0.447 e. The summed E-state index contributed by atoms with van der Waals surface area (Å²) in [4.78, 5) is 12.9. The number of nitrogens with zero attached hydrogens (tertiary/aromatic N) is 1. The Morgan fingerprint density at radius 3 is 2.80 bits per heavy atom. The van der Waals surface area contributed by atoms with Crippen molar-refractivity contribution in [2.45, 2.75) is 12.6 Å². The fourth-order valence-electron chi connectivity index (χ4n) is 1.61. The first kappa shape index (κ1) is 9.98. The molecule has 0 saturated carbocycles. The Morgan fingerprint density at radius 2 is 2.13 bits per heavy atom. The van der Waals surface area contributed by atoms with Crippen LogP contribution in [0.5, 0.6) is 0 Å². The summed E-state index contributed by atoms with van der Waals surface area (Å²) in [7, 11) is 0. The van der Waals surface area contributed by atoms with Crippen molar-refractivity contribution in [1.29, 1.82) is 0 Å². The van der Waals surface area contributed by atoms with Gasteiger partial charge in [-0.2, -0.15) is 0 Å². The maximum absolute atomic E-state index is 11.3. The van der Waals surface area contributed by atoms with Gasteiger partial charge in [-0.05, 0) is 5.56 Å². The van der Waals surface area contributed by atoms with Gasteiger partial charge in [0, 0.05) is 6.54 Å². The Labute approximate surface area is 88.1 Å². The lowest BCUT2D eigenvalue weighted by molar-refractivity contribution is 0.151. The van der Waals surface area contributed by atoms with Crippen LogP contribution in [0.25, 0.3) is 0 Å². The number of cyclic esters (lactones) is 1. The summed E-state index contributed by atoms with van der Waals surface area (Å²) in [6, 6.07) is 9.45. The van der Waals surface area contributed by atoms with Crippen LogP contribution < -0.4 is 0 Å². The lowest BCUT2D eigenvalue weighted by Gasteiger charge is -2.19. The number of hydrogen-bond acceptors (Lipinski definition) is 3. The van der Waals surface area contributed by atoms with Crippen LogP contribution in [0.4, 0.5) is 4.79 Å². The minimum atomic E-state index is -0.349. The molecule has 0 unspecified atom stereocenters. The molecule has 1 aliphatic rings. The molecule has 15 heavy (non-hydrogen) atoms. The van der Waals surface area contributed by atoms with Crippen molar-refractivity contribution in [2.24, 2.45) is 0 Å². The summed E-state index contributed by atoms with van der Waals surface area (Å²) < 4.78 is 4.87. The van der Waals surface area contributed by atoms with Crippen LogP contribution >= 0.6 is 0 Å². The van der Waals surface area contributed by atoms with Gasteiger partial charge in [-0.25, -0.2) is 4.79 Å². The number of carbonyl (C=O) groups is 1. The highest BCUT2D eigenvalue weighted by Crippen LogP contribution is 2.15. The van der Waals surface area contributed by atoms with Crippen LogP contribution in [-0.2, 0) is 11.3 Å². The quantitative estimate of drug-likeness (QED) is 0.804. The zero-order chi connectivity index (χ0) is 10.7. The van der Waals surface area contributed by atoms with Crippen molar-refractivity contribution >= 4 is 6.09 Å². The highest BCUT2D eigenvalue weighted by Gasteiger charge is 2.31. The second-order valence-corrected chi connectivity index (χ2v) is 3.53. The normalized spacial score (nSPS) is 20.5. The van der Waals surface area contributed by atoms with Gasteiger partial charge in [-0.15, -0.1) is 0 Å². The van der Waals surface area contributed by atoms with Crippen LogP contribution in [0.1, 0.15) is 5.56 Å². The van der Waals surface area contributed by atoms with Gasteiger partial charge in [0.05, 0.1) is 12.6 Å². The second-order valence-electron chi connectivity index (χ2n) is 3.53. The molecule has 1 saturated heterocycles. The molecule has 1 aliphatic heterocycles. The fraction of sp³-hybridized carbons (Fsp3) is 0.364. The number of aliphatic hydroxyl groups excluding tert-OH is 1. The molecule has 80 valence electrons. The molecule has 1 fully saturated rings. The van der Waals surface area contributed by atoms with Crippen molar-refractivity contribution in [1.82, 2.24) is 4.90 Å². The second kappa shape index (κ2) is 4.31. The van der Waals surface area contributed by atoms with E-state index >= 15 is 0 Å². The molecule has 2 rings (SSSR count). The molecule has 0 aliphatic carbocycles. The maximum Gasteiger partial charge on any atom is 0.410 e. The first-order valence-electron chi connectivity index (χ1n) is 4.89. The first-order chi connectivity index (χ1) is 7.31. The van der Waals surface area contributed by atoms with E-state index in [1.165, 1.54) is 0 Å². The fourth-order valence-corrected chi connectivity index (χ4v) is 1.61. The molecule has 0 bridgehead atoms. The smallest absolute Gasteiger partial charge is 0.410 e. The predicted octanol–water partition coefficient (Wildman–Crippen LogP) is 1.000. The maximum atomic E-state index is 11.3. The lowest BCUT2D eigenvalue weighted by atomic mass is 10.2. The molecular weight excluding hydrogens is 194 g/mol. The molecule has 1 N–H and O–H groups in total. The van der Waals surface area contributed by atoms with Crippen LogP contribution in [0.15, 0.2) is 30.3 Å². The Kier molecular flexibility index (Phi) is 2.87. The molecule has 4 nitrogen and oxygen atoms in total. The number of rotatable bonds is 3. The summed E-state index contributed by atoms with van der Waals surface area (Å²) in [5.74, 6) is 0. The third-order valence-electron chi connectivity index (χ3n) is 2.48. The van der Waals surface area contributed by atoms with Crippen molar-refractivity contribution in [3.63, 3.8) is 0 Å². The Hall–Kier alpha value is -1.55. The third kappa shape index (κ3) is 2.10. The monoisotopic (exact) mass is 207 g/mol. The zero-order valence-electron chi connectivity index (χ0n) is 8.30. The van der Waals surface area contributed by atoms with E-state index in [9.17, 15) is 4.79 Å². The number of aliphatic hydroxyl groups is 1. The summed E-state index contributed by atoms with van der Waals surface area (Å²) in [5.41, 5.74) is 1.04. The topological polar surface area (TPSA) is 49.8 Å². The van der Waals surface area contributed by atoms with Gasteiger partial charge in [-0.1, -0.05) is 30.3 Å². The SMILES string of the molecule is O=C1OC[C@H](CO)N1Cc1ccccc1. The van der Waals surface area contributed by atoms with Crippen LogP contribution in [0.3, 0.4) is 0 Å². The van der Waals surface area contributed by atoms with Gasteiger partial charge in [0.15, 0.2) is 0 Å². The summed E-state index contributed by atoms with van der Waals surface area (Å²) >= 11 is 0. The third-order valence-corrected chi connectivity index (χ3v) is 2.48. The van der Waals surface area contributed by atoms with Gasteiger partial charge < -0.3 is 9.84 Å². The van der Waals surface area contributed by atoms with E-state index in [1.54, 1.807) is 4.90 Å². The Balaban J connectivity index is 2.07. The molecular formula is C11H13NO3. The van der Waals surface area contributed by atoms with E-state index in [2.05, 4.69) is 0 Å². The first-order valence-corrected chi connectivity index (χ1v) is 4.89. The van der Waals surface area contributed by atoms with Gasteiger partial charge in [0.2, 0.25) is 0 Å². The summed E-state index contributed by atoms with van der Waals surface area (Å²) in [5, 5.41) is 9.06. The standard InChI is InChI=1S/C11H13NO3/c13-7-10-8-15-11(14)12(10)6-9-4-2-1-3-5-9/h1-5,10,13H,6-8H2/t10-/m0/s1. The van der Waals surface area contributed by atoms with Crippen molar-refractivity contribution in [2.75, 3.05) is 13.2 Å². The van der Waals surface area contributed by atoms with E-state index in [1.807, 2.05) is 30.3 Å². The number of carbonyl (C=O) groups excluding carboxylic acids is 1. The average Bonchev–Trinajstić information content (AvgIpc) is 2.62. The number of hydrogen-bond donors (Lipinski definition) is 1. The van der Waals surface area contributed by atoms with Crippen molar-refractivity contribution in [3.8, 4) is 0 Å². The molecule has 4 heteroatoms. The predicted molar refractivity (Wildman–Crippen MR) is 54.2 cm³/mol. The number of benzene rings is 1. The van der Waals surface area contributed by atoms with E-state index in [-0.39, 0.29) is 25.3 Å². The highest BCUT2D eigenvalue weighted by atomic mass is 16.6. The van der Waals surface area contributed by atoms with Gasteiger partial charge in [-0.3, -0.25) is 4.90 Å². The van der Waals surface area contributed by atoms with Gasteiger partial charge in [0.25, 0.3) is 0 Å². The van der Waals surface area contributed by atoms with Crippen LogP contribution in [-0.4, -0.2) is 35.4 Å². The van der Waals surface area contributed by atoms with Crippen LogP contribution in [0, 0.1) is 0 Å². The molecule has 1 heterocycles.